The number of carbonyl (C=O) groups excluding carboxylic acids is 2. The zero-order valence-corrected chi connectivity index (χ0v) is 15.5. The monoisotopic (exact) mass is 368 g/mol. The van der Waals surface area contributed by atoms with Gasteiger partial charge in [0.1, 0.15) is 11.1 Å². The van der Waals surface area contributed by atoms with Gasteiger partial charge in [-0.15, -0.1) is 11.8 Å². The quantitative estimate of drug-likeness (QED) is 0.764. The lowest BCUT2D eigenvalue weighted by atomic mass is 10.1. The van der Waals surface area contributed by atoms with Gasteiger partial charge in [0.2, 0.25) is 5.91 Å². The van der Waals surface area contributed by atoms with Crippen LogP contribution >= 0.6 is 11.8 Å². The lowest BCUT2D eigenvalue weighted by Crippen LogP contribution is -2.39. The van der Waals surface area contributed by atoms with Gasteiger partial charge in [-0.25, -0.2) is 9.78 Å². The van der Waals surface area contributed by atoms with Crippen molar-refractivity contribution in [3.63, 3.8) is 0 Å². The molecule has 0 aliphatic carbocycles. The highest BCUT2D eigenvalue weighted by atomic mass is 32.2. The first-order valence-corrected chi connectivity index (χ1v) is 9.11. The number of benzene rings is 1. The molecule has 0 unspecified atom stereocenters. The second-order valence-electron chi connectivity index (χ2n) is 5.69. The minimum Gasteiger partial charge on any atom is -0.334 e. The maximum absolute atomic E-state index is 11.9. The van der Waals surface area contributed by atoms with E-state index in [1.807, 2.05) is 50.2 Å². The minimum atomic E-state index is -0.522. The molecule has 26 heavy (non-hydrogen) atoms. The van der Waals surface area contributed by atoms with E-state index in [2.05, 4.69) is 21.7 Å². The predicted molar refractivity (Wildman–Crippen MR) is 101 cm³/mol. The zero-order valence-electron chi connectivity index (χ0n) is 14.7. The van der Waals surface area contributed by atoms with Gasteiger partial charge in [0.15, 0.2) is 0 Å². The molecule has 0 saturated heterocycles. The average molecular weight is 368 g/mol. The molecule has 2 N–H and O–H groups in total. The van der Waals surface area contributed by atoms with Crippen molar-refractivity contribution in [2.24, 2.45) is 0 Å². The van der Waals surface area contributed by atoms with Crippen molar-refractivity contribution >= 4 is 23.7 Å². The van der Waals surface area contributed by atoms with Crippen LogP contribution in [0.15, 0.2) is 41.4 Å². The molecule has 2 rings (SSSR count). The Balaban J connectivity index is 1.77. The normalized spacial score (nSPS) is 10.0. The number of nitriles is 1. The van der Waals surface area contributed by atoms with E-state index in [0.717, 1.165) is 16.8 Å². The molecule has 0 fully saturated rings. The maximum atomic E-state index is 11.9. The number of aryl methyl sites for hydroxylation is 2. The molecule has 0 aliphatic heterocycles. The summed E-state index contributed by atoms with van der Waals surface area (Å²) in [4.78, 5) is 28.0. The molecule has 6 nitrogen and oxygen atoms in total. The van der Waals surface area contributed by atoms with E-state index in [9.17, 15) is 14.9 Å². The highest BCUT2D eigenvalue weighted by Crippen LogP contribution is 2.23. The van der Waals surface area contributed by atoms with Gasteiger partial charge in [0, 0.05) is 24.4 Å². The number of hydrogen-bond acceptors (Lipinski definition) is 5. The Morgan fingerprint density at radius 1 is 1.23 bits per heavy atom. The Morgan fingerprint density at radius 3 is 2.65 bits per heavy atom. The van der Waals surface area contributed by atoms with E-state index in [1.165, 1.54) is 11.8 Å². The fraction of sp³-hybridized carbons (Fsp3) is 0.263. The van der Waals surface area contributed by atoms with Gasteiger partial charge in [-0.1, -0.05) is 30.3 Å². The van der Waals surface area contributed by atoms with Crippen LogP contribution in [0.4, 0.5) is 4.79 Å². The van der Waals surface area contributed by atoms with E-state index in [4.69, 9.17) is 0 Å². The lowest BCUT2D eigenvalue weighted by Gasteiger charge is -2.08. The first-order valence-electron chi connectivity index (χ1n) is 8.12. The molecule has 1 heterocycles. The molecular weight excluding hydrogens is 348 g/mol. The summed E-state index contributed by atoms with van der Waals surface area (Å²) >= 11 is 1.34. The van der Waals surface area contributed by atoms with Gasteiger partial charge in [0.25, 0.3) is 0 Å². The van der Waals surface area contributed by atoms with Crippen LogP contribution in [0.25, 0.3) is 0 Å². The molecule has 0 saturated carbocycles. The number of rotatable bonds is 6. The molecule has 0 aliphatic rings. The number of pyridine rings is 1. The molecule has 2 aromatic rings. The van der Waals surface area contributed by atoms with Crippen LogP contribution in [0.3, 0.4) is 0 Å². The summed E-state index contributed by atoms with van der Waals surface area (Å²) in [6.45, 7) is 4.08. The third-order valence-corrected chi connectivity index (χ3v) is 4.52. The fourth-order valence-electron chi connectivity index (χ4n) is 2.29. The van der Waals surface area contributed by atoms with Crippen LogP contribution in [0.1, 0.15) is 28.8 Å². The molecule has 0 bridgehead atoms. The largest absolute Gasteiger partial charge is 0.334 e. The molecule has 0 spiro atoms. The summed E-state index contributed by atoms with van der Waals surface area (Å²) in [6, 6.07) is 12.9. The topological polar surface area (TPSA) is 94.9 Å². The Labute approximate surface area is 157 Å². The lowest BCUT2D eigenvalue weighted by molar-refractivity contribution is -0.119. The second kappa shape index (κ2) is 9.59. The van der Waals surface area contributed by atoms with Gasteiger partial charge in [-0.05, 0) is 31.0 Å². The number of thioether (sulfide) groups is 1. The van der Waals surface area contributed by atoms with Crippen molar-refractivity contribution in [3.05, 3.63) is 58.8 Å². The summed E-state index contributed by atoms with van der Waals surface area (Å²) < 4.78 is 0. The first kappa shape index (κ1) is 19.5. The number of nitrogens with zero attached hydrogens (tertiary/aromatic N) is 2. The van der Waals surface area contributed by atoms with Crippen LogP contribution in [-0.2, 0) is 11.3 Å². The van der Waals surface area contributed by atoms with E-state index >= 15 is 0 Å². The summed E-state index contributed by atoms with van der Waals surface area (Å²) in [7, 11) is 0. The van der Waals surface area contributed by atoms with Gasteiger partial charge >= 0.3 is 6.03 Å². The number of hydrogen-bond donors (Lipinski definition) is 2. The van der Waals surface area contributed by atoms with Gasteiger partial charge in [-0.3, -0.25) is 10.1 Å². The van der Waals surface area contributed by atoms with E-state index in [0.29, 0.717) is 22.9 Å². The fourth-order valence-corrected chi connectivity index (χ4v) is 3.34. The van der Waals surface area contributed by atoms with Crippen LogP contribution < -0.4 is 10.6 Å². The van der Waals surface area contributed by atoms with Crippen molar-refractivity contribution in [1.29, 1.82) is 5.26 Å². The van der Waals surface area contributed by atoms with E-state index in [1.54, 1.807) is 0 Å². The number of carbonyl (C=O) groups is 2. The molecule has 1 aromatic heterocycles. The van der Waals surface area contributed by atoms with Crippen molar-refractivity contribution in [2.75, 3.05) is 5.75 Å². The Bertz CT molecular complexity index is 831. The highest BCUT2D eigenvalue weighted by molar-refractivity contribution is 7.99. The highest BCUT2D eigenvalue weighted by Gasteiger charge is 2.11. The Kier molecular flexibility index (Phi) is 7.18. The number of nitrogens with one attached hydrogen (secondary N) is 2. The van der Waals surface area contributed by atoms with Crippen molar-refractivity contribution in [2.45, 2.75) is 31.8 Å². The first-order chi connectivity index (χ1) is 12.5. The molecule has 0 radical (unpaired) electrons. The number of aromatic nitrogens is 1. The molecule has 0 atom stereocenters. The number of imide groups is 1. The van der Waals surface area contributed by atoms with Gasteiger partial charge in [0.05, 0.1) is 5.56 Å². The van der Waals surface area contributed by atoms with Crippen molar-refractivity contribution in [3.8, 4) is 6.07 Å². The Hall–Kier alpha value is -2.85. The van der Waals surface area contributed by atoms with Crippen molar-refractivity contribution in [1.82, 2.24) is 15.6 Å². The molecular formula is C19H20N4O2S. The molecule has 7 heteroatoms. The maximum Gasteiger partial charge on any atom is 0.321 e. The summed E-state index contributed by atoms with van der Waals surface area (Å²) in [6.07, 6.45) is 0.156. The summed E-state index contributed by atoms with van der Waals surface area (Å²) in [5, 5.41) is 14.8. The van der Waals surface area contributed by atoms with Crippen LogP contribution in [-0.4, -0.2) is 22.7 Å². The summed E-state index contributed by atoms with van der Waals surface area (Å²) in [5.41, 5.74) is 3.18. The summed E-state index contributed by atoms with van der Waals surface area (Å²) in [5.74, 6) is 0.0634. The van der Waals surface area contributed by atoms with E-state index in [-0.39, 0.29) is 12.3 Å². The third-order valence-electron chi connectivity index (χ3n) is 3.54. The molecule has 3 amide bonds. The standard InChI is InChI=1S/C19H20N4O2S/c1-13-10-14(2)22-18(16(13)11-20)26-9-8-17(24)23-19(25)21-12-15-6-4-3-5-7-15/h3-7,10H,8-9,12H2,1-2H3,(H2,21,23,24,25). The van der Waals surface area contributed by atoms with Crippen LogP contribution in [0.5, 0.6) is 0 Å². The van der Waals surface area contributed by atoms with Gasteiger partial charge < -0.3 is 5.32 Å². The minimum absolute atomic E-state index is 0.156. The van der Waals surface area contributed by atoms with E-state index < -0.39 is 6.03 Å². The SMILES string of the molecule is Cc1cc(C)c(C#N)c(SCCC(=O)NC(=O)NCc2ccccc2)n1. The zero-order chi connectivity index (χ0) is 18.9. The smallest absolute Gasteiger partial charge is 0.321 e. The average Bonchev–Trinajstić information content (AvgIpc) is 2.60. The van der Waals surface area contributed by atoms with Crippen LogP contribution in [0, 0.1) is 25.2 Å². The number of urea groups is 1. The van der Waals surface area contributed by atoms with Crippen molar-refractivity contribution < 1.29 is 9.59 Å². The Morgan fingerprint density at radius 2 is 1.96 bits per heavy atom. The van der Waals surface area contributed by atoms with Crippen LogP contribution in [0.2, 0.25) is 0 Å². The predicted octanol–water partition coefficient (Wildman–Crippen LogP) is 3.08. The second-order valence-corrected chi connectivity index (χ2v) is 6.77. The van der Waals surface area contributed by atoms with Gasteiger partial charge in [-0.2, -0.15) is 5.26 Å². The molecule has 1 aromatic carbocycles. The molecule has 134 valence electrons. The third kappa shape index (κ3) is 5.90. The number of amides is 3.